The summed E-state index contributed by atoms with van der Waals surface area (Å²) in [4.78, 5) is 10.8. The molecule has 0 spiro atoms. The highest BCUT2D eigenvalue weighted by molar-refractivity contribution is 9.10. The predicted molar refractivity (Wildman–Crippen MR) is 78.1 cm³/mol. The van der Waals surface area contributed by atoms with Gasteiger partial charge < -0.3 is 19.3 Å². The van der Waals surface area contributed by atoms with Gasteiger partial charge in [0, 0.05) is 24.8 Å². The van der Waals surface area contributed by atoms with E-state index in [4.69, 9.17) is 19.3 Å². The van der Waals surface area contributed by atoms with Crippen LogP contribution in [0.1, 0.15) is 22.3 Å². The van der Waals surface area contributed by atoms with Crippen LogP contribution >= 0.6 is 15.9 Å². The van der Waals surface area contributed by atoms with E-state index in [0.29, 0.717) is 33.0 Å². The summed E-state index contributed by atoms with van der Waals surface area (Å²) in [6.07, 6.45) is 0.874. The van der Waals surface area contributed by atoms with Crippen molar-refractivity contribution in [2.24, 2.45) is 0 Å². The molecule has 0 amide bonds. The van der Waals surface area contributed by atoms with E-state index in [0.717, 1.165) is 16.5 Å². The third-order valence-corrected chi connectivity index (χ3v) is 3.30. The summed E-state index contributed by atoms with van der Waals surface area (Å²) >= 11 is 3.34. The summed E-state index contributed by atoms with van der Waals surface area (Å²) in [7, 11) is 1.66. The van der Waals surface area contributed by atoms with Crippen molar-refractivity contribution >= 4 is 21.9 Å². The van der Waals surface area contributed by atoms with E-state index in [1.54, 1.807) is 25.3 Å². The summed E-state index contributed by atoms with van der Waals surface area (Å²) in [6, 6.07) is 4.88. The van der Waals surface area contributed by atoms with Gasteiger partial charge in [-0.2, -0.15) is 0 Å². The minimum Gasteiger partial charge on any atom is -0.478 e. The molecule has 1 rings (SSSR count). The summed E-state index contributed by atoms with van der Waals surface area (Å²) in [5.74, 6) is -0.942. The third-order valence-electron chi connectivity index (χ3n) is 2.57. The van der Waals surface area contributed by atoms with Gasteiger partial charge in [-0.05, 0) is 24.1 Å². The number of ether oxygens (including phenoxy) is 3. The van der Waals surface area contributed by atoms with E-state index in [2.05, 4.69) is 15.9 Å². The lowest BCUT2D eigenvalue weighted by Gasteiger charge is -2.08. The molecule has 5 nitrogen and oxygen atoms in total. The van der Waals surface area contributed by atoms with Crippen LogP contribution in [0.2, 0.25) is 0 Å². The molecule has 6 heteroatoms. The first kappa shape index (κ1) is 17.1. The fourth-order valence-corrected chi connectivity index (χ4v) is 2.00. The molecule has 0 unspecified atom stereocenters. The fourth-order valence-electron chi connectivity index (χ4n) is 1.50. The second-order valence-electron chi connectivity index (χ2n) is 4.12. The number of benzene rings is 1. The van der Waals surface area contributed by atoms with Crippen molar-refractivity contribution in [3.05, 3.63) is 33.8 Å². The zero-order valence-electron chi connectivity index (χ0n) is 11.4. The molecule has 112 valence electrons. The molecule has 0 aromatic heterocycles. The standard InChI is InChI=1S/C14H19BrO5/c1-18-5-2-6-19-7-8-20-10-12-4-3-11(14(16)17)9-13(12)15/h3-4,9H,2,5-8,10H2,1H3,(H,16,17). The predicted octanol–water partition coefficient (Wildman–Crippen LogP) is 2.72. The minimum absolute atomic E-state index is 0.252. The van der Waals surface area contributed by atoms with E-state index in [9.17, 15) is 4.79 Å². The Bertz CT molecular complexity index is 422. The lowest BCUT2D eigenvalue weighted by atomic mass is 10.1. The first-order valence-corrected chi connectivity index (χ1v) is 7.10. The van der Waals surface area contributed by atoms with Crippen LogP contribution in [-0.4, -0.2) is 44.6 Å². The van der Waals surface area contributed by atoms with Crippen LogP contribution in [0.25, 0.3) is 0 Å². The largest absolute Gasteiger partial charge is 0.478 e. The maximum atomic E-state index is 10.8. The maximum Gasteiger partial charge on any atom is 0.335 e. The minimum atomic E-state index is -0.942. The average Bonchev–Trinajstić information content (AvgIpc) is 2.43. The first-order valence-electron chi connectivity index (χ1n) is 6.31. The van der Waals surface area contributed by atoms with Crippen LogP contribution in [0.15, 0.2) is 22.7 Å². The van der Waals surface area contributed by atoms with Crippen LogP contribution < -0.4 is 0 Å². The number of hydrogen-bond donors (Lipinski definition) is 1. The topological polar surface area (TPSA) is 65.0 Å². The smallest absolute Gasteiger partial charge is 0.335 e. The van der Waals surface area contributed by atoms with Crippen molar-refractivity contribution in [1.82, 2.24) is 0 Å². The van der Waals surface area contributed by atoms with Crippen LogP contribution in [0.3, 0.4) is 0 Å². The monoisotopic (exact) mass is 346 g/mol. The molecule has 0 aliphatic rings. The van der Waals surface area contributed by atoms with E-state index in [1.807, 2.05) is 0 Å². The highest BCUT2D eigenvalue weighted by Crippen LogP contribution is 2.19. The Hall–Kier alpha value is -0.950. The van der Waals surface area contributed by atoms with Gasteiger partial charge in [0.15, 0.2) is 0 Å². The Morgan fingerprint density at radius 3 is 2.60 bits per heavy atom. The Morgan fingerprint density at radius 1 is 1.20 bits per heavy atom. The lowest BCUT2D eigenvalue weighted by Crippen LogP contribution is -2.07. The molecule has 1 N–H and O–H groups in total. The zero-order valence-corrected chi connectivity index (χ0v) is 13.0. The number of carboxylic acids is 1. The molecular formula is C14H19BrO5. The number of carboxylic acid groups (broad SMARTS) is 1. The van der Waals surface area contributed by atoms with Crippen molar-refractivity contribution in [3.63, 3.8) is 0 Å². The normalized spacial score (nSPS) is 10.7. The van der Waals surface area contributed by atoms with Gasteiger partial charge in [0.05, 0.1) is 25.4 Å². The van der Waals surface area contributed by atoms with Crippen molar-refractivity contribution < 1.29 is 24.1 Å². The van der Waals surface area contributed by atoms with Gasteiger partial charge in [-0.3, -0.25) is 0 Å². The molecule has 0 saturated carbocycles. The van der Waals surface area contributed by atoms with Crippen molar-refractivity contribution in [2.75, 3.05) is 33.5 Å². The molecule has 0 fully saturated rings. The Kier molecular flexibility index (Phi) is 8.45. The van der Waals surface area contributed by atoms with Gasteiger partial charge in [0.25, 0.3) is 0 Å². The molecule has 0 aliphatic heterocycles. The van der Waals surface area contributed by atoms with Crippen LogP contribution in [0.5, 0.6) is 0 Å². The quantitative estimate of drug-likeness (QED) is 0.660. The molecule has 0 saturated heterocycles. The Morgan fingerprint density at radius 2 is 1.95 bits per heavy atom. The number of carbonyl (C=O) groups is 1. The zero-order chi connectivity index (χ0) is 14.8. The van der Waals surface area contributed by atoms with Gasteiger partial charge in [-0.1, -0.05) is 22.0 Å². The van der Waals surface area contributed by atoms with Crippen LogP contribution in [-0.2, 0) is 20.8 Å². The van der Waals surface area contributed by atoms with E-state index >= 15 is 0 Å². The molecule has 1 aromatic carbocycles. The molecule has 1 aromatic rings. The summed E-state index contributed by atoms with van der Waals surface area (Å²) in [6.45, 7) is 2.81. The van der Waals surface area contributed by atoms with Crippen molar-refractivity contribution in [1.29, 1.82) is 0 Å². The van der Waals surface area contributed by atoms with Crippen molar-refractivity contribution in [3.8, 4) is 0 Å². The fraction of sp³-hybridized carbons (Fsp3) is 0.500. The number of hydrogen-bond acceptors (Lipinski definition) is 4. The number of aromatic carboxylic acids is 1. The lowest BCUT2D eigenvalue weighted by molar-refractivity contribution is 0.0335. The molecule has 0 aliphatic carbocycles. The summed E-state index contributed by atoms with van der Waals surface area (Å²) < 4.78 is 16.5. The van der Waals surface area contributed by atoms with E-state index in [1.165, 1.54) is 0 Å². The Balaban J connectivity index is 2.20. The van der Waals surface area contributed by atoms with Crippen molar-refractivity contribution in [2.45, 2.75) is 13.0 Å². The Labute approximate surface area is 127 Å². The van der Waals surface area contributed by atoms with Gasteiger partial charge in [0.2, 0.25) is 0 Å². The van der Waals surface area contributed by atoms with Gasteiger partial charge >= 0.3 is 5.97 Å². The highest BCUT2D eigenvalue weighted by Gasteiger charge is 2.06. The number of rotatable bonds is 10. The van der Waals surface area contributed by atoms with Gasteiger partial charge in [-0.15, -0.1) is 0 Å². The van der Waals surface area contributed by atoms with Gasteiger partial charge in [0.1, 0.15) is 0 Å². The molecule has 0 radical (unpaired) electrons. The summed E-state index contributed by atoms with van der Waals surface area (Å²) in [5, 5.41) is 8.86. The second kappa shape index (κ2) is 9.88. The molecule has 20 heavy (non-hydrogen) atoms. The maximum absolute atomic E-state index is 10.8. The van der Waals surface area contributed by atoms with Gasteiger partial charge in [-0.25, -0.2) is 4.79 Å². The third kappa shape index (κ3) is 6.47. The molecular weight excluding hydrogens is 328 g/mol. The van der Waals surface area contributed by atoms with E-state index < -0.39 is 5.97 Å². The highest BCUT2D eigenvalue weighted by atomic mass is 79.9. The summed E-state index contributed by atoms with van der Waals surface area (Å²) in [5.41, 5.74) is 1.16. The van der Waals surface area contributed by atoms with Crippen LogP contribution in [0, 0.1) is 0 Å². The number of halogens is 1. The molecule has 0 atom stereocenters. The molecule has 0 bridgehead atoms. The number of methoxy groups -OCH3 is 1. The molecule has 0 heterocycles. The van der Waals surface area contributed by atoms with E-state index in [-0.39, 0.29) is 5.56 Å². The average molecular weight is 347 g/mol. The SMILES string of the molecule is COCCCOCCOCc1ccc(C(=O)O)cc1Br. The first-order chi connectivity index (χ1) is 9.65. The second-order valence-corrected chi connectivity index (χ2v) is 4.98. The van der Waals surface area contributed by atoms with Crippen LogP contribution in [0.4, 0.5) is 0 Å².